The molecule has 1 aliphatic rings. The summed E-state index contributed by atoms with van der Waals surface area (Å²) in [5.41, 5.74) is 3.01. The molecule has 0 amide bonds. The van der Waals surface area contributed by atoms with Gasteiger partial charge in [0.25, 0.3) is 0 Å². The molecular weight excluding hydrogens is 224 g/mol. The van der Waals surface area contributed by atoms with E-state index in [0.29, 0.717) is 17.9 Å². The molecule has 0 heterocycles. The average molecular weight is 246 g/mol. The predicted octanol–water partition coefficient (Wildman–Crippen LogP) is 4.16. The molecule has 0 saturated heterocycles. The number of hydrogen-bond acceptors (Lipinski definition) is 2. The molecule has 2 rings (SSSR count). The summed E-state index contributed by atoms with van der Waals surface area (Å²) in [6, 6.07) is 3.73. The van der Waals surface area contributed by atoms with E-state index in [2.05, 4.69) is 20.8 Å². The second-order valence-corrected chi connectivity index (χ2v) is 6.06. The third-order valence-corrected chi connectivity index (χ3v) is 4.25. The van der Waals surface area contributed by atoms with Crippen LogP contribution in [0.5, 0.6) is 5.75 Å². The van der Waals surface area contributed by atoms with E-state index in [1.54, 1.807) is 0 Å². The molecule has 0 aliphatic heterocycles. The first-order valence-corrected chi connectivity index (χ1v) is 6.77. The molecule has 2 nitrogen and oxygen atoms in total. The van der Waals surface area contributed by atoms with Gasteiger partial charge >= 0.3 is 0 Å². The fourth-order valence-electron chi connectivity index (χ4n) is 2.88. The number of carbonyl (C=O) groups is 1. The van der Waals surface area contributed by atoms with Crippen molar-refractivity contribution in [3.8, 4) is 5.75 Å². The number of fused-ring (bicyclic) bond motifs is 1. The highest BCUT2D eigenvalue weighted by Gasteiger charge is 2.32. The van der Waals surface area contributed by atoms with Gasteiger partial charge in [0.2, 0.25) is 0 Å². The van der Waals surface area contributed by atoms with Gasteiger partial charge in [0.05, 0.1) is 5.56 Å². The van der Waals surface area contributed by atoms with Gasteiger partial charge in [-0.15, -0.1) is 0 Å². The van der Waals surface area contributed by atoms with Crippen LogP contribution in [0.1, 0.15) is 74.4 Å². The van der Waals surface area contributed by atoms with E-state index in [1.165, 1.54) is 11.1 Å². The van der Waals surface area contributed by atoms with E-state index < -0.39 is 0 Å². The number of rotatable bonds is 2. The molecule has 2 heteroatoms. The molecule has 1 atom stereocenters. The van der Waals surface area contributed by atoms with Crippen molar-refractivity contribution in [2.24, 2.45) is 0 Å². The van der Waals surface area contributed by atoms with Crippen molar-refractivity contribution in [2.75, 3.05) is 0 Å². The molecule has 0 radical (unpaired) electrons. The van der Waals surface area contributed by atoms with Gasteiger partial charge in [0.1, 0.15) is 5.75 Å². The topological polar surface area (TPSA) is 37.3 Å². The van der Waals surface area contributed by atoms with Crippen LogP contribution >= 0.6 is 0 Å². The molecule has 1 aliphatic carbocycles. The molecule has 18 heavy (non-hydrogen) atoms. The Hall–Kier alpha value is -1.31. The van der Waals surface area contributed by atoms with Crippen LogP contribution < -0.4 is 0 Å². The van der Waals surface area contributed by atoms with Crippen LogP contribution in [0, 0.1) is 0 Å². The Morgan fingerprint density at radius 1 is 1.44 bits per heavy atom. The second-order valence-electron chi connectivity index (χ2n) is 6.06. The molecule has 1 aromatic carbocycles. The molecular formula is C16H22O2. The van der Waals surface area contributed by atoms with Crippen molar-refractivity contribution >= 4 is 5.78 Å². The van der Waals surface area contributed by atoms with Gasteiger partial charge in [-0.25, -0.2) is 0 Å². The quantitative estimate of drug-likeness (QED) is 0.795. The molecule has 0 aromatic heterocycles. The lowest BCUT2D eigenvalue weighted by Crippen LogP contribution is -2.25. The molecule has 0 spiro atoms. The highest BCUT2D eigenvalue weighted by atomic mass is 16.3. The molecule has 0 bridgehead atoms. The summed E-state index contributed by atoms with van der Waals surface area (Å²) >= 11 is 0. The second kappa shape index (κ2) is 4.42. The van der Waals surface area contributed by atoms with Crippen LogP contribution in [0.2, 0.25) is 0 Å². The van der Waals surface area contributed by atoms with Crippen LogP contribution in [0.3, 0.4) is 0 Å². The maximum absolute atomic E-state index is 11.8. The monoisotopic (exact) mass is 246 g/mol. The average Bonchev–Trinajstić information content (AvgIpc) is 2.33. The molecule has 1 unspecified atom stereocenters. The lowest BCUT2D eigenvalue weighted by Gasteiger charge is -2.36. The van der Waals surface area contributed by atoms with Gasteiger partial charge in [-0.3, -0.25) is 4.79 Å². The summed E-state index contributed by atoms with van der Waals surface area (Å²) in [6.07, 6.45) is 2.70. The van der Waals surface area contributed by atoms with Crippen LogP contribution in [-0.2, 0) is 5.41 Å². The number of phenolic OH excluding ortho intramolecular Hbond substituents is 1. The molecule has 0 fully saturated rings. The minimum atomic E-state index is 0.0193. The Balaban J connectivity index is 2.61. The van der Waals surface area contributed by atoms with Crippen LogP contribution in [0.15, 0.2) is 12.1 Å². The zero-order valence-electron chi connectivity index (χ0n) is 11.7. The van der Waals surface area contributed by atoms with Crippen LogP contribution in [0.25, 0.3) is 0 Å². The Morgan fingerprint density at radius 3 is 2.72 bits per heavy atom. The van der Waals surface area contributed by atoms with E-state index in [-0.39, 0.29) is 16.9 Å². The standard InChI is InChI=1S/C16H22O2/c1-5-14(17)12-8-11-10(2)6-7-16(3,4)13(11)9-15(12)18/h8-10,18H,5-7H2,1-4H3. The van der Waals surface area contributed by atoms with Gasteiger partial charge < -0.3 is 5.11 Å². The van der Waals surface area contributed by atoms with Crippen molar-refractivity contribution < 1.29 is 9.90 Å². The Morgan fingerprint density at radius 2 is 2.11 bits per heavy atom. The number of Topliss-reactive ketones (excluding diaryl/α,β-unsaturated/α-hetero) is 1. The molecule has 1 N–H and O–H groups in total. The first kappa shape index (κ1) is 13.1. The van der Waals surface area contributed by atoms with E-state index in [0.717, 1.165) is 12.8 Å². The largest absolute Gasteiger partial charge is 0.507 e. The maximum Gasteiger partial charge on any atom is 0.166 e. The van der Waals surface area contributed by atoms with Gasteiger partial charge in [0, 0.05) is 6.42 Å². The third kappa shape index (κ3) is 2.05. The van der Waals surface area contributed by atoms with E-state index in [4.69, 9.17) is 0 Å². The number of hydrogen-bond donors (Lipinski definition) is 1. The summed E-state index contributed by atoms with van der Waals surface area (Å²) < 4.78 is 0. The number of ketones is 1. The molecule has 0 saturated carbocycles. The predicted molar refractivity (Wildman–Crippen MR) is 73.4 cm³/mol. The van der Waals surface area contributed by atoms with E-state index in [9.17, 15) is 9.90 Å². The minimum absolute atomic E-state index is 0.0193. The fraction of sp³-hybridized carbons (Fsp3) is 0.562. The lowest BCUT2D eigenvalue weighted by atomic mass is 9.68. The third-order valence-electron chi connectivity index (χ3n) is 4.25. The Kier molecular flexibility index (Phi) is 3.22. The van der Waals surface area contributed by atoms with Crippen LogP contribution in [-0.4, -0.2) is 10.9 Å². The van der Waals surface area contributed by atoms with Crippen molar-refractivity contribution in [1.82, 2.24) is 0 Å². The van der Waals surface area contributed by atoms with Crippen LogP contribution in [0.4, 0.5) is 0 Å². The lowest BCUT2D eigenvalue weighted by molar-refractivity contribution is 0.0985. The SMILES string of the molecule is CCC(=O)c1cc2c(cc1O)C(C)(C)CCC2C. The summed E-state index contributed by atoms with van der Waals surface area (Å²) in [7, 11) is 0. The summed E-state index contributed by atoms with van der Waals surface area (Å²) in [6.45, 7) is 8.44. The smallest absolute Gasteiger partial charge is 0.166 e. The number of carbonyl (C=O) groups excluding carboxylic acids is 1. The van der Waals surface area contributed by atoms with Gasteiger partial charge in [-0.1, -0.05) is 27.7 Å². The summed E-state index contributed by atoms with van der Waals surface area (Å²) in [5, 5.41) is 10.1. The molecule has 98 valence electrons. The first-order valence-electron chi connectivity index (χ1n) is 6.77. The van der Waals surface area contributed by atoms with Crippen molar-refractivity contribution in [1.29, 1.82) is 0 Å². The number of benzene rings is 1. The Bertz CT molecular complexity index is 486. The fourth-order valence-corrected chi connectivity index (χ4v) is 2.88. The number of aromatic hydroxyl groups is 1. The van der Waals surface area contributed by atoms with Crippen molar-refractivity contribution in [2.45, 2.75) is 58.3 Å². The zero-order valence-corrected chi connectivity index (χ0v) is 11.7. The zero-order chi connectivity index (χ0) is 13.5. The highest BCUT2D eigenvalue weighted by Crippen LogP contribution is 2.44. The highest BCUT2D eigenvalue weighted by molar-refractivity contribution is 5.98. The molecule has 1 aromatic rings. The normalized spacial score (nSPS) is 21.4. The summed E-state index contributed by atoms with van der Waals surface area (Å²) in [5.74, 6) is 0.630. The van der Waals surface area contributed by atoms with Crippen molar-refractivity contribution in [3.05, 3.63) is 28.8 Å². The van der Waals surface area contributed by atoms with E-state index in [1.807, 2.05) is 19.1 Å². The van der Waals surface area contributed by atoms with Gasteiger partial charge in [-0.2, -0.15) is 0 Å². The first-order chi connectivity index (χ1) is 8.36. The van der Waals surface area contributed by atoms with Gasteiger partial charge in [0.15, 0.2) is 5.78 Å². The summed E-state index contributed by atoms with van der Waals surface area (Å²) in [4.78, 5) is 11.8. The Labute approximate surface area is 109 Å². The minimum Gasteiger partial charge on any atom is -0.507 e. The maximum atomic E-state index is 11.8. The number of phenols is 1. The van der Waals surface area contributed by atoms with Crippen molar-refractivity contribution in [3.63, 3.8) is 0 Å². The van der Waals surface area contributed by atoms with Gasteiger partial charge in [-0.05, 0) is 47.4 Å². The van der Waals surface area contributed by atoms with E-state index >= 15 is 0 Å².